The van der Waals surface area contributed by atoms with Gasteiger partial charge in [-0.3, -0.25) is 4.79 Å². The van der Waals surface area contributed by atoms with E-state index in [1.54, 1.807) is 10.1 Å². The smallest absolute Gasteiger partial charge is 0.244 e. The quantitative estimate of drug-likeness (QED) is 0.589. The number of hydrogen-bond acceptors (Lipinski definition) is 4. The highest BCUT2D eigenvalue weighted by Gasteiger charge is 2.17. The maximum atomic E-state index is 13.8. The molecule has 0 radical (unpaired) electrons. The predicted octanol–water partition coefficient (Wildman–Crippen LogP) is 4.08. The third-order valence-electron chi connectivity index (χ3n) is 3.82. The first-order valence-electron chi connectivity index (χ1n) is 7.70. The summed E-state index contributed by atoms with van der Waals surface area (Å²) in [6, 6.07) is 10.4. The Morgan fingerprint density at radius 2 is 2.04 bits per heavy atom. The molecule has 1 N–H and O–H groups in total. The summed E-state index contributed by atoms with van der Waals surface area (Å²) in [6.45, 7) is -0.0792. The minimum atomic E-state index is -0.825. The number of halogens is 2. The summed E-state index contributed by atoms with van der Waals surface area (Å²) in [6.07, 6.45) is 0. The van der Waals surface area contributed by atoms with E-state index in [0.29, 0.717) is 11.5 Å². The van der Waals surface area contributed by atoms with Crippen molar-refractivity contribution in [2.75, 3.05) is 5.32 Å². The van der Waals surface area contributed by atoms with Crippen molar-refractivity contribution in [3.05, 3.63) is 65.0 Å². The van der Waals surface area contributed by atoms with Crippen molar-refractivity contribution in [2.45, 2.75) is 6.54 Å². The predicted molar refractivity (Wildman–Crippen MR) is 95.8 cm³/mol. The monoisotopic (exact) mass is 370 g/mol. The zero-order valence-electron chi connectivity index (χ0n) is 13.3. The molecule has 0 bridgehead atoms. The summed E-state index contributed by atoms with van der Waals surface area (Å²) >= 11 is 1.43. The molecule has 130 valence electrons. The first-order valence-corrected chi connectivity index (χ1v) is 8.65. The van der Waals surface area contributed by atoms with Gasteiger partial charge in [-0.25, -0.2) is 18.7 Å². The highest BCUT2D eigenvalue weighted by molar-refractivity contribution is 7.07. The molecule has 2 heterocycles. The van der Waals surface area contributed by atoms with Crippen molar-refractivity contribution in [1.82, 2.24) is 14.5 Å². The summed E-state index contributed by atoms with van der Waals surface area (Å²) in [5, 5.41) is 4.31. The van der Waals surface area contributed by atoms with Gasteiger partial charge in [0.1, 0.15) is 23.9 Å². The number of amides is 1. The second-order valence-electron chi connectivity index (χ2n) is 5.56. The Bertz CT molecular complexity index is 1090. The van der Waals surface area contributed by atoms with Crippen LogP contribution in [0.2, 0.25) is 0 Å². The molecule has 0 aliphatic rings. The maximum absolute atomic E-state index is 13.8. The number of para-hydroxylation sites is 2. The molecule has 8 heteroatoms. The number of anilines is 1. The molecule has 26 heavy (non-hydrogen) atoms. The van der Waals surface area contributed by atoms with Crippen molar-refractivity contribution in [3.8, 4) is 11.5 Å². The van der Waals surface area contributed by atoms with E-state index in [0.717, 1.165) is 23.2 Å². The minimum Gasteiger partial charge on any atom is -0.322 e. The van der Waals surface area contributed by atoms with Crippen LogP contribution < -0.4 is 5.32 Å². The van der Waals surface area contributed by atoms with E-state index >= 15 is 0 Å². The van der Waals surface area contributed by atoms with Crippen molar-refractivity contribution in [3.63, 3.8) is 0 Å². The van der Waals surface area contributed by atoms with Crippen LogP contribution in [0, 0.1) is 11.6 Å². The van der Waals surface area contributed by atoms with Crippen LogP contribution in [0.5, 0.6) is 0 Å². The minimum absolute atomic E-state index is 0.0731. The standard InChI is InChI=1S/C18H12F2N4OS/c19-11-5-6-13(12(20)7-11)22-17(25)8-24-16-4-2-1-3-14(16)23-18(24)15-9-26-10-21-15/h1-7,9-10H,8H2,(H,22,25). The van der Waals surface area contributed by atoms with E-state index in [9.17, 15) is 13.6 Å². The van der Waals surface area contributed by atoms with Gasteiger partial charge in [-0.2, -0.15) is 0 Å². The number of hydrogen-bond donors (Lipinski definition) is 1. The maximum Gasteiger partial charge on any atom is 0.244 e. The van der Waals surface area contributed by atoms with Crippen molar-refractivity contribution < 1.29 is 13.6 Å². The molecule has 2 aromatic carbocycles. The molecular weight excluding hydrogens is 358 g/mol. The van der Waals surface area contributed by atoms with Gasteiger partial charge in [-0.15, -0.1) is 11.3 Å². The van der Waals surface area contributed by atoms with Crippen LogP contribution in [0.25, 0.3) is 22.6 Å². The molecular formula is C18H12F2N4OS. The van der Waals surface area contributed by atoms with E-state index in [2.05, 4.69) is 15.3 Å². The van der Waals surface area contributed by atoms with Crippen molar-refractivity contribution in [1.29, 1.82) is 0 Å². The molecule has 4 rings (SSSR count). The number of fused-ring (bicyclic) bond motifs is 1. The van der Waals surface area contributed by atoms with Crippen LogP contribution in [-0.4, -0.2) is 20.4 Å². The summed E-state index contributed by atoms with van der Waals surface area (Å²) in [5.41, 5.74) is 3.77. The molecule has 0 fully saturated rings. The normalized spacial score (nSPS) is 11.0. The average molecular weight is 370 g/mol. The van der Waals surface area contributed by atoms with Gasteiger partial charge >= 0.3 is 0 Å². The molecule has 0 unspecified atom stereocenters. The van der Waals surface area contributed by atoms with E-state index in [1.807, 2.05) is 29.6 Å². The summed E-state index contributed by atoms with van der Waals surface area (Å²) in [5.74, 6) is -1.42. The van der Waals surface area contributed by atoms with E-state index in [4.69, 9.17) is 0 Å². The van der Waals surface area contributed by atoms with Crippen LogP contribution in [0.15, 0.2) is 53.4 Å². The summed E-state index contributed by atoms with van der Waals surface area (Å²) in [7, 11) is 0. The topological polar surface area (TPSA) is 59.8 Å². The van der Waals surface area contributed by atoms with Crippen LogP contribution in [-0.2, 0) is 11.3 Å². The number of thiazole rings is 1. The number of carbonyl (C=O) groups excluding carboxylic acids is 1. The lowest BCUT2D eigenvalue weighted by atomic mass is 10.3. The van der Waals surface area contributed by atoms with Gasteiger partial charge in [0.05, 0.1) is 22.2 Å². The van der Waals surface area contributed by atoms with Gasteiger partial charge < -0.3 is 9.88 Å². The molecule has 0 aliphatic heterocycles. The van der Waals surface area contributed by atoms with Crippen LogP contribution >= 0.6 is 11.3 Å². The van der Waals surface area contributed by atoms with Crippen LogP contribution in [0.4, 0.5) is 14.5 Å². The number of imidazole rings is 1. The number of nitrogens with zero attached hydrogens (tertiary/aromatic N) is 3. The van der Waals surface area contributed by atoms with Gasteiger partial charge in [0.15, 0.2) is 5.82 Å². The van der Waals surface area contributed by atoms with Crippen molar-refractivity contribution >= 4 is 34.0 Å². The fraction of sp³-hybridized carbons (Fsp3) is 0.0556. The lowest BCUT2D eigenvalue weighted by Crippen LogP contribution is -2.20. The first-order chi connectivity index (χ1) is 12.6. The van der Waals surface area contributed by atoms with Gasteiger partial charge in [0.25, 0.3) is 0 Å². The molecule has 0 aliphatic carbocycles. The Labute approximate surface area is 150 Å². The van der Waals surface area contributed by atoms with Crippen LogP contribution in [0.3, 0.4) is 0 Å². The fourth-order valence-electron chi connectivity index (χ4n) is 2.68. The highest BCUT2D eigenvalue weighted by atomic mass is 32.1. The molecule has 5 nitrogen and oxygen atoms in total. The largest absolute Gasteiger partial charge is 0.322 e. The summed E-state index contributed by atoms with van der Waals surface area (Å²) in [4.78, 5) is 21.3. The van der Waals surface area contributed by atoms with E-state index in [1.165, 1.54) is 17.4 Å². The SMILES string of the molecule is O=C(Cn1c(-c2cscn2)nc2ccccc21)Nc1ccc(F)cc1F. The molecule has 0 atom stereocenters. The number of carbonyl (C=O) groups is 1. The molecule has 0 spiro atoms. The third-order valence-corrected chi connectivity index (χ3v) is 4.41. The zero-order valence-corrected chi connectivity index (χ0v) is 14.1. The van der Waals surface area contributed by atoms with E-state index in [-0.39, 0.29) is 12.2 Å². The Hall–Kier alpha value is -3.13. The van der Waals surface area contributed by atoms with Crippen molar-refractivity contribution in [2.24, 2.45) is 0 Å². The average Bonchev–Trinajstić information content (AvgIpc) is 3.26. The van der Waals surface area contributed by atoms with Crippen LogP contribution in [0.1, 0.15) is 0 Å². The number of aromatic nitrogens is 3. The second kappa shape index (κ2) is 6.64. The lowest BCUT2D eigenvalue weighted by molar-refractivity contribution is -0.116. The molecule has 2 aromatic heterocycles. The third kappa shape index (κ3) is 3.06. The highest BCUT2D eigenvalue weighted by Crippen LogP contribution is 2.25. The number of nitrogens with one attached hydrogen (secondary N) is 1. The van der Waals surface area contributed by atoms with Gasteiger partial charge in [0, 0.05) is 11.4 Å². The zero-order chi connectivity index (χ0) is 18.1. The van der Waals surface area contributed by atoms with E-state index < -0.39 is 17.5 Å². The Morgan fingerprint density at radius 3 is 2.81 bits per heavy atom. The van der Waals surface area contributed by atoms with Gasteiger partial charge in [0.2, 0.25) is 5.91 Å². The van der Waals surface area contributed by atoms with Gasteiger partial charge in [-0.05, 0) is 24.3 Å². The first kappa shape index (κ1) is 16.3. The molecule has 0 saturated carbocycles. The Kier molecular flexibility index (Phi) is 4.18. The molecule has 0 saturated heterocycles. The lowest BCUT2D eigenvalue weighted by Gasteiger charge is -2.10. The fourth-order valence-corrected chi connectivity index (χ4v) is 3.21. The number of rotatable bonds is 4. The Balaban J connectivity index is 1.68. The molecule has 4 aromatic rings. The Morgan fingerprint density at radius 1 is 1.19 bits per heavy atom. The number of benzene rings is 2. The second-order valence-corrected chi connectivity index (χ2v) is 6.27. The van der Waals surface area contributed by atoms with Gasteiger partial charge in [-0.1, -0.05) is 12.1 Å². The molecule has 1 amide bonds. The summed E-state index contributed by atoms with van der Waals surface area (Å²) < 4.78 is 28.5.